The van der Waals surface area contributed by atoms with E-state index in [1.54, 1.807) is 11.1 Å². The van der Waals surface area contributed by atoms with Crippen LogP contribution in [0.1, 0.15) is 40.7 Å². The van der Waals surface area contributed by atoms with Gasteiger partial charge in [-0.05, 0) is 43.9 Å². The number of hydrogen-bond donors (Lipinski definition) is 0. The largest absolute Gasteiger partial charge is 0.467 e. The summed E-state index contributed by atoms with van der Waals surface area (Å²) in [5.41, 5.74) is 2.83. The molecule has 3 heterocycles. The Bertz CT molecular complexity index is 617. The highest BCUT2D eigenvalue weighted by atomic mass is 16.5. The molecule has 0 radical (unpaired) electrons. The maximum Gasteiger partial charge on any atom is 0.328 e. The average Bonchev–Trinajstić information content (AvgIpc) is 2.59. The van der Waals surface area contributed by atoms with Crippen molar-refractivity contribution < 1.29 is 14.3 Å². The lowest BCUT2D eigenvalue weighted by molar-refractivity contribution is -0.147. The molecule has 6 heteroatoms. The molecule has 2 aliphatic rings. The summed E-state index contributed by atoms with van der Waals surface area (Å²) in [4.78, 5) is 33.2. The zero-order valence-electron chi connectivity index (χ0n) is 13.7. The summed E-state index contributed by atoms with van der Waals surface area (Å²) in [5.74, 6) is -0.412. The third-order valence-corrected chi connectivity index (χ3v) is 4.80. The van der Waals surface area contributed by atoms with E-state index in [0.717, 1.165) is 43.5 Å². The molecule has 2 aliphatic heterocycles. The summed E-state index contributed by atoms with van der Waals surface area (Å²) in [5, 5.41) is 0. The standard InChI is InChI=1S/C17H23N3O3/c1-19-8-6-13-12(11-19)9-18-10-14(13)16(21)20-7-4-3-5-15(20)17(22)23-2/h9-10,15H,3-8,11H2,1-2H3. The fraction of sp³-hybridized carbons (Fsp3) is 0.588. The lowest BCUT2D eigenvalue weighted by atomic mass is 9.95. The number of ether oxygens (including phenoxy) is 1. The minimum absolute atomic E-state index is 0.0889. The number of likely N-dealkylation sites (N-methyl/N-ethyl adjacent to an activating group) is 1. The zero-order chi connectivity index (χ0) is 16.4. The Labute approximate surface area is 136 Å². The first-order valence-corrected chi connectivity index (χ1v) is 8.15. The van der Waals surface area contributed by atoms with E-state index in [-0.39, 0.29) is 11.9 Å². The lowest BCUT2D eigenvalue weighted by Crippen LogP contribution is -2.48. The molecule has 0 bridgehead atoms. The maximum atomic E-state index is 13.0. The smallest absolute Gasteiger partial charge is 0.328 e. The minimum atomic E-state index is -0.469. The van der Waals surface area contributed by atoms with E-state index >= 15 is 0 Å². The van der Waals surface area contributed by atoms with Crippen LogP contribution in [0, 0.1) is 0 Å². The molecule has 1 atom stereocenters. The summed E-state index contributed by atoms with van der Waals surface area (Å²) >= 11 is 0. The van der Waals surface area contributed by atoms with Crippen molar-refractivity contribution in [3.63, 3.8) is 0 Å². The third-order valence-electron chi connectivity index (χ3n) is 4.80. The van der Waals surface area contributed by atoms with E-state index in [0.29, 0.717) is 18.5 Å². The highest BCUT2D eigenvalue weighted by Crippen LogP contribution is 2.25. The highest BCUT2D eigenvalue weighted by Gasteiger charge is 2.34. The van der Waals surface area contributed by atoms with Gasteiger partial charge in [0.2, 0.25) is 0 Å². The van der Waals surface area contributed by atoms with Gasteiger partial charge in [-0.1, -0.05) is 0 Å². The Morgan fingerprint density at radius 2 is 2.09 bits per heavy atom. The normalized spacial score (nSPS) is 21.7. The van der Waals surface area contributed by atoms with E-state index in [1.807, 2.05) is 6.20 Å². The fourth-order valence-corrected chi connectivity index (χ4v) is 3.53. The first-order valence-electron chi connectivity index (χ1n) is 8.15. The van der Waals surface area contributed by atoms with Crippen LogP contribution in [0.25, 0.3) is 0 Å². The second kappa shape index (κ2) is 6.66. The molecule has 1 saturated heterocycles. The van der Waals surface area contributed by atoms with Gasteiger partial charge in [-0.15, -0.1) is 0 Å². The monoisotopic (exact) mass is 317 g/mol. The van der Waals surface area contributed by atoms with E-state index in [1.165, 1.54) is 7.11 Å². The van der Waals surface area contributed by atoms with Crippen molar-refractivity contribution in [2.75, 3.05) is 27.2 Å². The molecule has 1 amide bonds. The number of amides is 1. The van der Waals surface area contributed by atoms with Crippen molar-refractivity contribution in [1.82, 2.24) is 14.8 Å². The summed E-state index contributed by atoms with van der Waals surface area (Å²) in [6, 6.07) is -0.469. The van der Waals surface area contributed by atoms with Crippen LogP contribution in [-0.2, 0) is 22.5 Å². The molecular weight excluding hydrogens is 294 g/mol. The van der Waals surface area contributed by atoms with E-state index in [9.17, 15) is 9.59 Å². The molecule has 0 spiro atoms. The molecule has 124 valence electrons. The summed E-state index contributed by atoms with van der Waals surface area (Å²) in [6.07, 6.45) is 6.87. The Morgan fingerprint density at radius 1 is 1.26 bits per heavy atom. The maximum absolute atomic E-state index is 13.0. The second-order valence-corrected chi connectivity index (χ2v) is 6.35. The Kier molecular flexibility index (Phi) is 4.61. The average molecular weight is 317 g/mol. The summed E-state index contributed by atoms with van der Waals surface area (Å²) in [7, 11) is 3.44. The van der Waals surface area contributed by atoms with Crippen molar-refractivity contribution in [2.45, 2.75) is 38.3 Å². The van der Waals surface area contributed by atoms with Crippen molar-refractivity contribution >= 4 is 11.9 Å². The minimum Gasteiger partial charge on any atom is -0.467 e. The fourth-order valence-electron chi connectivity index (χ4n) is 3.53. The molecule has 0 N–H and O–H groups in total. The second-order valence-electron chi connectivity index (χ2n) is 6.35. The number of carbonyl (C=O) groups excluding carboxylic acids is 2. The van der Waals surface area contributed by atoms with Gasteiger partial charge in [0.15, 0.2) is 0 Å². The Balaban J connectivity index is 1.90. The van der Waals surface area contributed by atoms with Crippen molar-refractivity contribution in [3.05, 3.63) is 29.1 Å². The highest BCUT2D eigenvalue weighted by molar-refractivity contribution is 5.98. The van der Waals surface area contributed by atoms with Gasteiger partial charge < -0.3 is 14.5 Å². The van der Waals surface area contributed by atoms with Gasteiger partial charge in [0.1, 0.15) is 6.04 Å². The predicted molar refractivity (Wildman–Crippen MR) is 85.0 cm³/mol. The van der Waals surface area contributed by atoms with Crippen LogP contribution in [0.5, 0.6) is 0 Å². The SMILES string of the molecule is COC(=O)C1CCCCN1C(=O)c1cncc2c1CCN(C)C2. The molecular formula is C17H23N3O3. The summed E-state index contributed by atoms with van der Waals surface area (Å²) < 4.78 is 4.88. The Hall–Kier alpha value is -1.95. The van der Waals surface area contributed by atoms with Crippen molar-refractivity contribution in [3.8, 4) is 0 Å². The zero-order valence-corrected chi connectivity index (χ0v) is 13.7. The number of carbonyl (C=O) groups is 2. The number of aromatic nitrogens is 1. The van der Waals surface area contributed by atoms with E-state index in [4.69, 9.17) is 4.74 Å². The molecule has 0 aliphatic carbocycles. The number of likely N-dealkylation sites (tertiary alicyclic amines) is 1. The lowest BCUT2D eigenvalue weighted by Gasteiger charge is -2.35. The van der Waals surface area contributed by atoms with Crippen molar-refractivity contribution in [1.29, 1.82) is 0 Å². The van der Waals surface area contributed by atoms with Gasteiger partial charge in [0, 0.05) is 32.0 Å². The van der Waals surface area contributed by atoms with E-state index < -0.39 is 6.04 Å². The van der Waals surface area contributed by atoms with Crippen LogP contribution >= 0.6 is 0 Å². The molecule has 3 rings (SSSR count). The third kappa shape index (κ3) is 3.08. The van der Waals surface area contributed by atoms with Gasteiger partial charge in [-0.3, -0.25) is 9.78 Å². The first kappa shape index (κ1) is 15.9. The van der Waals surface area contributed by atoms with Gasteiger partial charge in [-0.25, -0.2) is 4.79 Å². The van der Waals surface area contributed by atoms with Crippen LogP contribution < -0.4 is 0 Å². The van der Waals surface area contributed by atoms with Gasteiger partial charge >= 0.3 is 5.97 Å². The number of pyridine rings is 1. The predicted octanol–water partition coefficient (Wildman–Crippen LogP) is 1.24. The topological polar surface area (TPSA) is 62.7 Å². The Morgan fingerprint density at radius 3 is 2.87 bits per heavy atom. The molecule has 0 aromatic carbocycles. The number of piperidine rings is 1. The molecule has 6 nitrogen and oxygen atoms in total. The van der Waals surface area contributed by atoms with Gasteiger partial charge in [-0.2, -0.15) is 0 Å². The number of methoxy groups -OCH3 is 1. The van der Waals surface area contributed by atoms with Crippen LogP contribution in [0.3, 0.4) is 0 Å². The van der Waals surface area contributed by atoms with Crippen LogP contribution in [0.2, 0.25) is 0 Å². The molecule has 1 aromatic heterocycles. The summed E-state index contributed by atoms with van der Waals surface area (Å²) in [6.45, 7) is 2.34. The van der Waals surface area contributed by atoms with Gasteiger partial charge in [0.05, 0.1) is 12.7 Å². The van der Waals surface area contributed by atoms with Crippen LogP contribution in [0.4, 0.5) is 0 Å². The van der Waals surface area contributed by atoms with Gasteiger partial charge in [0.25, 0.3) is 5.91 Å². The molecule has 1 fully saturated rings. The molecule has 0 saturated carbocycles. The molecule has 23 heavy (non-hydrogen) atoms. The number of rotatable bonds is 2. The number of esters is 1. The number of fused-ring (bicyclic) bond motifs is 1. The van der Waals surface area contributed by atoms with Crippen LogP contribution in [0.15, 0.2) is 12.4 Å². The number of hydrogen-bond acceptors (Lipinski definition) is 5. The van der Waals surface area contributed by atoms with Crippen LogP contribution in [-0.4, -0.2) is 59.9 Å². The quantitative estimate of drug-likeness (QED) is 0.768. The first-order chi connectivity index (χ1) is 11.1. The van der Waals surface area contributed by atoms with E-state index in [2.05, 4.69) is 16.9 Å². The molecule has 1 aromatic rings. The molecule has 1 unspecified atom stereocenters. The number of nitrogens with zero attached hydrogens (tertiary/aromatic N) is 3. The van der Waals surface area contributed by atoms with Crippen molar-refractivity contribution in [2.24, 2.45) is 0 Å².